The van der Waals surface area contributed by atoms with Crippen LogP contribution >= 0.6 is 0 Å². The lowest BCUT2D eigenvalue weighted by molar-refractivity contribution is 0.112. The molecule has 0 bridgehead atoms. The van der Waals surface area contributed by atoms with Crippen LogP contribution in [0.2, 0.25) is 0 Å². The molecule has 0 atom stereocenters. The van der Waals surface area contributed by atoms with Crippen LogP contribution in [-0.2, 0) is 0 Å². The predicted molar refractivity (Wildman–Crippen MR) is 71.6 cm³/mol. The lowest BCUT2D eigenvalue weighted by atomic mass is 10.1. The van der Waals surface area contributed by atoms with E-state index in [1.807, 2.05) is 42.5 Å². The van der Waals surface area contributed by atoms with Crippen molar-refractivity contribution in [1.82, 2.24) is 0 Å². The van der Waals surface area contributed by atoms with Gasteiger partial charge in [-0.15, -0.1) is 0 Å². The molecule has 17 heavy (non-hydrogen) atoms. The number of carbonyl (C=O) groups excluding carboxylic acids is 1. The average Bonchev–Trinajstić information content (AvgIpc) is 2.38. The second-order valence-electron chi connectivity index (χ2n) is 3.75. The lowest BCUT2D eigenvalue weighted by Crippen LogP contribution is -1.90. The van der Waals surface area contributed by atoms with E-state index in [4.69, 9.17) is 5.73 Å². The molecule has 0 unspecified atom stereocenters. The average molecular weight is 223 g/mol. The van der Waals surface area contributed by atoms with E-state index in [1.165, 1.54) is 0 Å². The van der Waals surface area contributed by atoms with E-state index in [1.54, 1.807) is 18.2 Å². The minimum Gasteiger partial charge on any atom is -0.399 e. The number of carbonyl (C=O) groups is 1. The number of hydrogen-bond donors (Lipinski definition) is 1. The van der Waals surface area contributed by atoms with E-state index >= 15 is 0 Å². The van der Waals surface area contributed by atoms with Crippen LogP contribution in [-0.4, -0.2) is 6.29 Å². The van der Waals surface area contributed by atoms with Gasteiger partial charge in [-0.3, -0.25) is 4.79 Å². The van der Waals surface area contributed by atoms with Gasteiger partial charge >= 0.3 is 0 Å². The smallest absolute Gasteiger partial charge is 0.150 e. The molecule has 0 saturated carbocycles. The van der Waals surface area contributed by atoms with Crippen molar-refractivity contribution in [2.24, 2.45) is 0 Å². The summed E-state index contributed by atoms with van der Waals surface area (Å²) in [6, 6.07) is 15.2. The molecule has 2 nitrogen and oxygen atoms in total. The quantitative estimate of drug-likeness (QED) is 0.493. The highest BCUT2D eigenvalue weighted by Crippen LogP contribution is 2.15. The Morgan fingerprint density at radius 2 is 1.65 bits per heavy atom. The Hall–Kier alpha value is -2.35. The van der Waals surface area contributed by atoms with Crippen molar-refractivity contribution >= 4 is 24.1 Å². The third kappa shape index (κ3) is 2.82. The first-order chi connectivity index (χ1) is 8.29. The molecule has 0 fully saturated rings. The topological polar surface area (TPSA) is 43.1 Å². The molecular formula is C15H13NO. The fourth-order valence-corrected chi connectivity index (χ4v) is 1.60. The fourth-order valence-electron chi connectivity index (χ4n) is 1.60. The third-order valence-corrected chi connectivity index (χ3v) is 2.49. The second-order valence-corrected chi connectivity index (χ2v) is 3.75. The number of benzene rings is 2. The zero-order valence-electron chi connectivity index (χ0n) is 9.34. The molecule has 0 amide bonds. The van der Waals surface area contributed by atoms with E-state index in [0.29, 0.717) is 11.3 Å². The van der Waals surface area contributed by atoms with Gasteiger partial charge in [0.2, 0.25) is 0 Å². The second kappa shape index (κ2) is 5.12. The maximum Gasteiger partial charge on any atom is 0.150 e. The molecule has 2 aromatic rings. The van der Waals surface area contributed by atoms with Crippen LogP contribution < -0.4 is 5.73 Å². The normalized spacial score (nSPS) is 10.6. The summed E-state index contributed by atoms with van der Waals surface area (Å²) in [6.45, 7) is 0. The van der Waals surface area contributed by atoms with Gasteiger partial charge in [0, 0.05) is 11.3 Å². The minimum absolute atomic E-state index is 0.645. The van der Waals surface area contributed by atoms with Gasteiger partial charge in [-0.2, -0.15) is 0 Å². The Labute approximate surface area is 100 Å². The monoisotopic (exact) mass is 223 g/mol. The van der Waals surface area contributed by atoms with Crippen LogP contribution in [0.4, 0.5) is 5.69 Å². The van der Waals surface area contributed by atoms with Crippen molar-refractivity contribution in [2.75, 3.05) is 5.73 Å². The lowest BCUT2D eigenvalue weighted by Gasteiger charge is -2.00. The van der Waals surface area contributed by atoms with Crippen molar-refractivity contribution in [3.05, 3.63) is 65.2 Å². The van der Waals surface area contributed by atoms with Crippen molar-refractivity contribution in [2.45, 2.75) is 0 Å². The van der Waals surface area contributed by atoms with Gasteiger partial charge in [-0.1, -0.05) is 42.5 Å². The molecule has 0 aliphatic carbocycles. The SMILES string of the molecule is Nc1ccc(C=O)c(/C=C/c2ccccc2)c1. The number of aldehydes is 1. The maximum absolute atomic E-state index is 10.9. The van der Waals surface area contributed by atoms with E-state index in [9.17, 15) is 4.79 Å². The van der Waals surface area contributed by atoms with Gasteiger partial charge in [0.1, 0.15) is 0 Å². The summed E-state index contributed by atoms with van der Waals surface area (Å²) in [7, 11) is 0. The highest BCUT2D eigenvalue weighted by atomic mass is 16.1. The maximum atomic E-state index is 10.9. The molecular weight excluding hydrogens is 210 g/mol. The molecule has 2 rings (SSSR count). The Kier molecular flexibility index (Phi) is 3.36. The standard InChI is InChI=1S/C15H13NO/c16-15-9-8-14(11-17)13(10-15)7-6-12-4-2-1-3-5-12/h1-11H,16H2/b7-6+. The summed E-state index contributed by atoms with van der Waals surface area (Å²) >= 11 is 0. The first-order valence-corrected chi connectivity index (χ1v) is 5.37. The minimum atomic E-state index is 0.645. The molecule has 2 heteroatoms. The highest BCUT2D eigenvalue weighted by molar-refractivity contribution is 5.86. The van der Waals surface area contributed by atoms with Crippen molar-refractivity contribution in [3.63, 3.8) is 0 Å². The molecule has 0 aromatic heterocycles. The van der Waals surface area contributed by atoms with Crippen molar-refractivity contribution in [1.29, 1.82) is 0 Å². The molecule has 0 spiro atoms. The van der Waals surface area contributed by atoms with E-state index in [-0.39, 0.29) is 0 Å². The largest absolute Gasteiger partial charge is 0.399 e. The Morgan fingerprint density at radius 1 is 0.882 bits per heavy atom. The first-order valence-electron chi connectivity index (χ1n) is 5.37. The van der Waals surface area contributed by atoms with Gasteiger partial charge in [-0.25, -0.2) is 0 Å². The summed E-state index contributed by atoms with van der Waals surface area (Å²) < 4.78 is 0. The number of hydrogen-bond acceptors (Lipinski definition) is 2. The molecule has 0 heterocycles. The van der Waals surface area contributed by atoms with E-state index in [2.05, 4.69) is 0 Å². The Bertz CT molecular complexity index is 544. The fraction of sp³-hybridized carbons (Fsp3) is 0. The zero-order valence-corrected chi connectivity index (χ0v) is 9.34. The zero-order chi connectivity index (χ0) is 12.1. The summed E-state index contributed by atoms with van der Waals surface area (Å²) in [5.74, 6) is 0. The van der Waals surface area contributed by atoms with Gasteiger partial charge < -0.3 is 5.73 Å². The highest BCUT2D eigenvalue weighted by Gasteiger charge is 1.98. The van der Waals surface area contributed by atoms with Crippen LogP contribution in [0.1, 0.15) is 21.5 Å². The van der Waals surface area contributed by atoms with Crippen LogP contribution in [0.5, 0.6) is 0 Å². The summed E-state index contributed by atoms with van der Waals surface area (Å²) in [5, 5.41) is 0. The number of nitrogens with two attached hydrogens (primary N) is 1. The number of anilines is 1. The first kappa shape index (κ1) is 11.1. The number of nitrogen functional groups attached to an aromatic ring is 1. The van der Waals surface area contributed by atoms with Crippen LogP contribution in [0.3, 0.4) is 0 Å². The van der Waals surface area contributed by atoms with Crippen molar-refractivity contribution < 1.29 is 4.79 Å². The van der Waals surface area contributed by atoms with Gasteiger partial charge in [0.15, 0.2) is 6.29 Å². The van der Waals surface area contributed by atoms with Crippen LogP contribution in [0.15, 0.2) is 48.5 Å². The van der Waals surface area contributed by atoms with Crippen LogP contribution in [0.25, 0.3) is 12.2 Å². The summed E-state index contributed by atoms with van der Waals surface area (Å²) in [6.07, 6.45) is 4.70. The molecule has 0 aliphatic rings. The Balaban J connectivity index is 2.32. The van der Waals surface area contributed by atoms with Gasteiger partial charge in [-0.05, 0) is 29.3 Å². The molecule has 0 radical (unpaired) electrons. The summed E-state index contributed by atoms with van der Waals surface area (Å²) in [4.78, 5) is 10.9. The Morgan fingerprint density at radius 3 is 2.35 bits per heavy atom. The molecule has 2 aromatic carbocycles. The van der Waals surface area contributed by atoms with E-state index in [0.717, 1.165) is 17.4 Å². The third-order valence-electron chi connectivity index (χ3n) is 2.49. The van der Waals surface area contributed by atoms with Crippen LogP contribution in [0, 0.1) is 0 Å². The molecule has 84 valence electrons. The van der Waals surface area contributed by atoms with Crippen molar-refractivity contribution in [3.8, 4) is 0 Å². The van der Waals surface area contributed by atoms with E-state index < -0.39 is 0 Å². The predicted octanol–water partition coefficient (Wildman–Crippen LogP) is 3.25. The number of rotatable bonds is 3. The van der Waals surface area contributed by atoms with Gasteiger partial charge in [0.05, 0.1) is 0 Å². The molecule has 2 N–H and O–H groups in total. The summed E-state index contributed by atoms with van der Waals surface area (Å²) in [5.41, 5.74) is 8.93. The molecule has 0 aliphatic heterocycles. The molecule has 0 saturated heterocycles. The van der Waals surface area contributed by atoms with Gasteiger partial charge in [0.25, 0.3) is 0 Å².